The van der Waals surface area contributed by atoms with Gasteiger partial charge in [0.1, 0.15) is 11.3 Å². The normalized spacial score (nSPS) is 15.7. The van der Waals surface area contributed by atoms with Crippen molar-refractivity contribution in [2.75, 3.05) is 33.8 Å². The summed E-state index contributed by atoms with van der Waals surface area (Å²) in [5, 5.41) is 0.514. The van der Waals surface area contributed by atoms with Crippen LogP contribution in [0.2, 0.25) is 0 Å². The fourth-order valence-corrected chi connectivity index (χ4v) is 4.07. The topological polar surface area (TPSA) is 63.0 Å². The Hall–Kier alpha value is -3.12. The standard InChI is InChI=1S/C25H28N2O4/c1-6-30-18-9-7-17(8-10-18)22-21-23(28)19-13-15(2)16(3)14-20(19)31-24(21)25(29)27(22)12-11-26(4)5/h7-10,13-14,22H,6,11-12H2,1-5H3/t22-/m1/s1. The third-order valence-corrected chi connectivity index (χ3v) is 5.88. The third-order valence-electron chi connectivity index (χ3n) is 5.88. The first-order valence-corrected chi connectivity index (χ1v) is 10.6. The third kappa shape index (κ3) is 3.72. The van der Waals surface area contributed by atoms with E-state index in [-0.39, 0.29) is 17.1 Å². The van der Waals surface area contributed by atoms with Gasteiger partial charge in [-0.3, -0.25) is 9.59 Å². The van der Waals surface area contributed by atoms with Crippen molar-refractivity contribution in [3.63, 3.8) is 0 Å². The fraction of sp³-hybridized carbons (Fsp3) is 0.360. The number of amides is 1. The smallest absolute Gasteiger partial charge is 0.290 e. The number of benzene rings is 2. The molecule has 0 radical (unpaired) electrons. The molecule has 162 valence electrons. The lowest BCUT2D eigenvalue weighted by atomic mass is 9.97. The van der Waals surface area contributed by atoms with Crippen LogP contribution in [-0.4, -0.2) is 49.5 Å². The molecule has 0 fully saturated rings. The molecule has 4 rings (SSSR count). The molecule has 0 saturated carbocycles. The second-order valence-electron chi connectivity index (χ2n) is 8.31. The molecule has 1 aliphatic rings. The van der Waals surface area contributed by atoms with E-state index in [1.807, 2.05) is 76.2 Å². The average molecular weight is 421 g/mol. The van der Waals surface area contributed by atoms with Crippen molar-refractivity contribution in [2.45, 2.75) is 26.8 Å². The van der Waals surface area contributed by atoms with Crippen LogP contribution in [0.15, 0.2) is 45.6 Å². The number of carbonyl (C=O) groups is 1. The number of carbonyl (C=O) groups excluding carboxylic acids is 1. The summed E-state index contributed by atoms with van der Waals surface area (Å²) in [6, 6.07) is 10.8. The number of hydrogen-bond acceptors (Lipinski definition) is 5. The summed E-state index contributed by atoms with van der Waals surface area (Å²) >= 11 is 0. The summed E-state index contributed by atoms with van der Waals surface area (Å²) in [4.78, 5) is 30.7. The average Bonchev–Trinajstić information content (AvgIpc) is 3.01. The van der Waals surface area contributed by atoms with Crippen molar-refractivity contribution in [2.24, 2.45) is 0 Å². The van der Waals surface area contributed by atoms with Gasteiger partial charge in [-0.15, -0.1) is 0 Å². The summed E-state index contributed by atoms with van der Waals surface area (Å²) in [5.41, 5.74) is 3.65. The van der Waals surface area contributed by atoms with Crippen LogP contribution in [0.5, 0.6) is 5.75 Å². The second-order valence-corrected chi connectivity index (χ2v) is 8.31. The molecule has 6 nitrogen and oxygen atoms in total. The lowest BCUT2D eigenvalue weighted by Crippen LogP contribution is -2.35. The van der Waals surface area contributed by atoms with Gasteiger partial charge in [0.05, 0.1) is 23.6 Å². The monoisotopic (exact) mass is 420 g/mol. The lowest BCUT2D eigenvalue weighted by Gasteiger charge is -2.26. The van der Waals surface area contributed by atoms with Gasteiger partial charge in [0, 0.05) is 13.1 Å². The van der Waals surface area contributed by atoms with Crippen molar-refractivity contribution in [3.8, 4) is 5.75 Å². The molecule has 2 heterocycles. The van der Waals surface area contributed by atoms with Crippen LogP contribution < -0.4 is 10.2 Å². The quantitative estimate of drug-likeness (QED) is 0.605. The van der Waals surface area contributed by atoms with Gasteiger partial charge >= 0.3 is 0 Å². The van der Waals surface area contributed by atoms with Crippen molar-refractivity contribution >= 4 is 16.9 Å². The molecule has 1 aliphatic heterocycles. The molecule has 0 unspecified atom stereocenters. The Morgan fingerprint density at radius 3 is 2.39 bits per heavy atom. The molecule has 1 atom stereocenters. The van der Waals surface area contributed by atoms with Crippen molar-refractivity contribution in [1.29, 1.82) is 0 Å². The highest BCUT2D eigenvalue weighted by Gasteiger charge is 2.42. The maximum absolute atomic E-state index is 13.6. The maximum atomic E-state index is 13.6. The largest absolute Gasteiger partial charge is 0.494 e. The van der Waals surface area contributed by atoms with E-state index >= 15 is 0 Å². The van der Waals surface area contributed by atoms with Gasteiger partial charge in [-0.1, -0.05) is 12.1 Å². The molecule has 6 heteroatoms. The molecule has 1 amide bonds. The summed E-state index contributed by atoms with van der Waals surface area (Å²) in [6.45, 7) is 7.62. The van der Waals surface area contributed by atoms with Crippen LogP contribution in [0.25, 0.3) is 11.0 Å². The van der Waals surface area contributed by atoms with Crippen LogP contribution in [0, 0.1) is 13.8 Å². The molecular weight excluding hydrogens is 392 g/mol. The fourth-order valence-electron chi connectivity index (χ4n) is 4.07. The molecule has 2 aromatic carbocycles. The molecule has 31 heavy (non-hydrogen) atoms. The minimum absolute atomic E-state index is 0.140. The highest BCUT2D eigenvalue weighted by atomic mass is 16.5. The molecule has 0 spiro atoms. The number of nitrogens with zero attached hydrogens (tertiary/aromatic N) is 2. The number of rotatable bonds is 6. The Kier molecular flexibility index (Phi) is 5.58. The highest BCUT2D eigenvalue weighted by Crippen LogP contribution is 2.38. The second kappa shape index (κ2) is 8.19. The first kappa shape index (κ1) is 21.1. The van der Waals surface area contributed by atoms with Crippen molar-refractivity contribution in [3.05, 3.63) is 74.6 Å². The van der Waals surface area contributed by atoms with Crippen molar-refractivity contribution < 1.29 is 13.9 Å². The summed E-state index contributed by atoms with van der Waals surface area (Å²) in [5.74, 6) is 0.665. The Morgan fingerprint density at radius 1 is 1.06 bits per heavy atom. The first-order valence-electron chi connectivity index (χ1n) is 10.6. The van der Waals surface area contributed by atoms with E-state index in [0.717, 1.165) is 22.4 Å². The number of likely N-dealkylation sites (N-methyl/N-ethyl adjacent to an activating group) is 1. The zero-order valence-corrected chi connectivity index (χ0v) is 18.7. The zero-order valence-electron chi connectivity index (χ0n) is 18.7. The Bertz CT molecular complexity index is 1190. The van der Waals surface area contributed by atoms with Gasteiger partial charge in [-0.05, 0) is 75.8 Å². The predicted molar refractivity (Wildman–Crippen MR) is 121 cm³/mol. The SMILES string of the molecule is CCOc1ccc([C@@H]2c3c(oc4cc(C)c(C)cc4c3=O)C(=O)N2CCN(C)C)cc1. The zero-order chi connectivity index (χ0) is 22.3. The van der Waals surface area contributed by atoms with E-state index in [9.17, 15) is 9.59 Å². The molecule has 0 aliphatic carbocycles. The van der Waals surface area contributed by atoms with Gasteiger partial charge in [0.15, 0.2) is 5.43 Å². The summed E-state index contributed by atoms with van der Waals surface area (Å²) in [7, 11) is 3.92. The number of hydrogen-bond donors (Lipinski definition) is 0. The Morgan fingerprint density at radius 2 is 1.74 bits per heavy atom. The van der Waals surface area contributed by atoms with Crippen LogP contribution in [-0.2, 0) is 0 Å². The molecule has 0 N–H and O–H groups in total. The number of aryl methyl sites for hydroxylation is 2. The maximum Gasteiger partial charge on any atom is 0.290 e. The van der Waals surface area contributed by atoms with E-state index in [1.165, 1.54) is 0 Å². The molecular formula is C25H28N2O4. The molecule has 0 bridgehead atoms. The molecule has 0 saturated heterocycles. The minimum atomic E-state index is -0.486. The summed E-state index contributed by atoms with van der Waals surface area (Å²) < 4.78 is 11.6. The van der Waals surface area contributed by atoms with Gasteiger partial charge < -0.3 is 19.0 Å². The number of fused-ring (bicyclic) bond motifs is 2. The van der Waals surface area contributed by atoms with E-state index in [2.05, 4.69) is 0 Å². The van der Waals surface area contributed by atoms with Crippen LogP contribution in [0.1, 0.15) is 45.8 Å². The Labute approximate surface area is 182 Å². The van der Waals surface area contributed by atoms with E-state index in [1.54, 1.807) is 4.90 Å². The van der Waals surface area contributed by atoms with Crippen molar-refractivity contribution in [1.82, 2.24) is 9.80 Å². The van der Waals surface area contributed by atoms with E-state index < -0.39 is 6.04 Å². The van der Waals surface area contributed by atoms with Gasteiger partial charge in [-0.2, -0.15) is 0 Å². The molecule has 3 aromatic rings. The highest BCUT2D eigenvalue weighted by molar-refractivity contribution is 5.99. The minimum Gasteiger partial charge on any atom is -0.494 e. The van der Waals surface area contributed by atoms with Crippen LogP contribution in [0.3, 0.4) is 0 Å². The first-order chi connectivity index (χ1) is 14.8. The van der Waals surface area contributed by atoms with Gasteiger partial charge in [0.2, 0.25) is 5.76 Å². The lowest BCUT2D eigenvalue weighted by molar-refractivity contribution is 0.0716. The van der Waals surface area contributed by atoms with Crippen LogP contribution >= 0.6 is 0 Å². The van der Waals surface area contributed by atoms with E-state index in [0.29, 0.717) is 36.2 Å². The molecule has 1 aromatic heterocycles. The predicted octanol–water partition coefficient (Wildman–Crippen LogP) is 3.92. The van der Waals surface area contributed by atoms with Gasteiger partial charge in [0.25, 0.3) is 5.91 Å². The Balaban J connectivity index is 1.90. The summed E-state index contributed by atoms with van der Waals surface area (Å²) in [6.07, 6.45) is 0. The van der Waals surface area contributed by atoms with E-state index in [4.69, 9.17) is 9.15 Å². The van der Waals surface area contributed by atoms with Crippen LogP contribution in [0.4, 0.5) is 0 Å². The number of ether oxygens (including phenoxy) is 1. The van der Waals surface area contributed by atoms with Gasteiger partial charge in [-0.25, -0.2) is 0 Å².